The van der Waals surface area contributed by atoms with Crippen molar-refractivity contribution in [3.05, 3.63) is 83.9 Å². The van der Waals surface area contributed by atoms with Crippen molar-refractivity contribution in [1.82, 2.24) is 4.90 Å². The van der Waals surface area contributed by atoms with Crippen molar-refractivity contribution in [2.45, 2.75) is 29.6 Å². The van der Waals surface area contributed by atoms with Gasteiger partial charge in [-0.2, -0.15) is 0 Å². The van der Waals surface area contributed by atoms with Gasteiger partial charge < -0.3 is 10.2 Å². The second-order valence-corrected chi connectivity index (χ2v) is 11.4. The molecule has 0 radical (unpaired) electrons. The molecule has 1 saturated heterocycles. The topological polar surface area (TPSA) is 86.8 Å². The van der Waals surface area contributed by atoms with E-state index in [-0.39, 0.29) is 10.8 Å². The standard InChI is InChI=1S/C27H29N3O4S2/c1-20-9-11-21(12-10-20)30(36(33,34)23-15-13-22(35-2)14-16-23)19-26(31)28-25-8-4-3-7-24(25)27(32)29-17-5-6-18-29/h3-4,7-16H,5-6,17-19H2,1-2H3,(H,28,31). The maximum Gasteiger partial charge on any atom is 0.264 e. The van der Waals surface area contributed by atoms with Crippen molar-refractivity contribution in [1.29, 1.82) is 0 Å². The lowest BCUT2D eigenvalue weighted by Gasteiger charge is -2.25. The number of carbonyl (C=O) groups is 2. The molecule has 1 N–H and O–H groups in total. The number of benzene rings is 3. The molecule has 7 nitrogen and oxygen atoms in total. The summed E-state index contributed by atoms with van der Waals surface area (Å²) < 4.78 is 28.4. The van der Waals surface area contributed by atoms with Gasteiger partial charge in [0.2, 0.25) is 5.91 Å². The van der Waals surface area contributed by atoms with Crippen LogP contribution in [0.15, 0.2) is 82.6 Å². The number of thioether (sulfide) groups is 1. The Morgan fingerprint density at radius 2 is 1.58 bits per heavy atom. The molecule has 0 aliphatic carbocycles. The van der Waals surface area contributed by atoms with Crippen LogP contribution in [0.5, 0.6) is 0 Å². The molecule has 2 amide bonds. The molecule has 4 rings (SSSR count). The van der Waals surface area contributed by atoms with Crippen molar-refractivity contribution in [2.75, 3.05) is 35.5 Å². The zero-order valence-electron chi connectivity index (χ0n) is 20.3. The van der Waals surface area contributed by atoms with Crippen molar-refractivity contribution < 1.29 is 18.0 Å². The van der Waals surface area contributed by atoms with Crippen molar-refractivity contribution >= 4 is 45.0 Å². The van der Waals surface area contributed by atoms with E-state index in [2.05, 4.69) is 5.32 Å². The molecular formula is C27H29N3O4S2. The van der Waals surface area contributed by atoms with Gasteiger partial charge in [0.15, 0.2) is 0 Å². The highest BCUT2D eigenvalue weighted by molar-refractivity contribution is 7.98. The fraction of sp³-hybridized carbons (Fsp3) is 0.259. The quantitative estimate of drug-likeness (QED) is 0.429. The fourth-order valence-corrected chi connectivity index (χ4v) is 5.92. The number of para-hydroxylation sites is 1. The number of carbonyl (C=O) groups excluding carboxylic acids is 2. The minimum atomic E-state index is -4.03. The summed E-state index contributed by atoms with van der Waals surface area (Å²) in [5.41, 5.74) is 2.11. The number of nitrogens with zero attached hydrogens (tertiary/aromatic N) is 2. The van der Waals surface area contributed by atoms with E-state index >= 15 is 0 Å². The van der Waals surface area contributed by atoms with Crippen LogP contribution in [0.3, 0.4) is 0 Å². The van der Waals surface area contributed by atoms with Gasteiger partial charge in [0.1, 0.15) is 6.54 Å². The first-order valence-corrected chi connectivity index (χ1v) is 14.4. The minimum absolute atomic E-state index is 0.0956. The fourth-order valence-electron chi connectivity index (χ4n) is 4.09. The number of likely N-dealkylation sites (tertiary alicyclic amines) is 1. The average Bonchev–Trinajstić information content (AvgIpc) is 3.43. The Bertz CT molecular complexity index is 1330. The molecule has 36 heavy (non-hydrogen) atoms. The van der Waals surface area contributed by atoms with Crippen LogP contribution in [0.2, 0.25) is 0 Å². The SMILES string of the molecule is CSc1ccc(S(=O)(=O)N(CC(=O)Nc2ccccc2C(=O)N2CCCC2)c2ccc(C)cc2)cc1. The highest BCUT2D eigenvalue weighted by Crippen LogP contribution is 2.26. The van der Waals surface area contributed by atoms with Gasteiger partial charge in [-0.1, -0.05) is 29.8 Å². The molecule has 1 aliphatic rings. The Labute approximate surface area is 216 Å². The predicted molar refractivity (Wildman–Crippen MR) is 144 cm³/mol. The molecule has 9 heteroatoms. The molecule has 0 aromatic heterocycles. The van der Waals surface area contributed by atoms with Crippen molar-refractivity contribution in [3.8, 4) is 0 Å². The van der Waals surface area contributed by atoms with E-state index in [9.17, 15) is 18.0 Å². The van der Waals surface area contributed by atoms with E-state index in [0.717, 1.165) is 27.6 Å². The molecule has 1 fully saturated rings. The highest BCUT2D eigenvalue weighted by Gasteiger charge is 2.28. The number of sulfonamides is 1. The second kappa shape index (κ2) is 11.2. The Morgan fingerprint density at radius 1 is 0.944 bits per heavy atom. The van der Waals surface area contributed by atoms with E-state index in [0.29, 0.717) is 30.0 Å². The monoisotopic (exact) mass is 523 g/mol. The van der Waals surface area contributed by atoms with Crippen LogP contribution in [0.25, 0.3) is 0 Å². The largest absolute Gasteiger partial charge is 0.339 e. The number of aryl methyl sites for hydroxylation is 1. The lowest BCUT2D eigenvalue weighted by Crippen LogP contribution is -2.38. The van der Waals surface area contributed by atoms with Gasteiger partial charge in [-0.25, -0.2) is 8.42 Å². The second-order valence-electron chi connectivity index (χ2n) is 8.62. The summed E-state index contributed by atoms with van der Waals surface area (Å²) in [6.07, 6.45) is 3.84. The van der Waals surface area contributed by atoms with Gasteiger partial charge in [0, 0.05) is 18.0 Å². The van der Waals surface area contributed by atoms with Crippen LogP contribution in [-0.2, 0) is 14.8 Å². The zero-order valence-corrected chi connectivity index (χ0v) is 21.9. The number of hydrogen-bond acceptors (Lipinski definition) is 5. The van der Waals surface area contributed by atoms with Gasteiger partial charge in [-0.15, -0.1) is 11.8 Å². The molecule has 0 bridgehead atoms. The van der Waals surface area contributed by atoms with Crippen LogP contribution in [0, 0.1) is 6.92 Å². The van der Waals surface area contributed by atoms with Crippen LogP contribution < -0.4 is 9.62 Å². The summed E-state index contributed by atoms with van der Waals surface area (Å²) in [6.45, 7) is 2.85. The molecular weight excluding hydrogens is 494 g/mol. The minimum Gasteiger partial charge on any atom is -0.339 e. The summed E-state index contributed by atoms with van der Waals surface area (Å²) in [4.78, 5) is 29.0. The Morgan fingerprint density at radius 3 is 2.22 bits per heavy atom. The lowest BCUT2D eigenvalue weighted by molar-refractivity contribution is -0.114. The van der Waals surface area contributed by atoms with Gasteiger partial charge in [-0.3, -0.25) is 13.9 Å². The van der Waals surface area contributed by atoms with Crippen LogP contribution in [-0.4, -0.2) is 51.0 Å². The molecule has 0 unspecified atom stereocenters. The normalized spacial score (nSPS) is 13.4. The Balaban J connectivity index is 1.62. The summed E-state index contributed by atoms with van der Waals surface area (Å²) in [6, 6.07) is 20.4. The number of rotatable bonds is 8. The van der Waals surface area contributed by atoms with Crippen LogP contribution in [0.1, 0.15) is 28.8 Å². The van der Waals surface area contributed by atoms with Crippen LogP contribution >= 0.6 is 11.8 Å². The number of anilines is 2. The van der Waals surface area contributed by atoms with E-state index in [1.54, 1.807) is 77.7 Å². The predicted octanol–water partition coefficient (Wildman–Crippen LogP) is 4.79. The number of hydrogen-bond donors (Lipinski definition) is 1. The Kier molecular flexibility index (Phi) is 8.01. The van der Waals surface area contributed by atoms with Crippen molar-refractivity contribution in [2.24, 2.45) is 0 Å². The van der Waals surface area contributed by atoms with Gasteiger partial charge >= 0.3 is 0 Å². The molecule has 0 spiro atoms. The average molecular weight is 524 g/mol. The van der Waals surface area contributed by atoms with Gasteiger partial charge in [0.25, 0.3) is 15.9 Å². The van der Waals surface area contributed by atoms with Gasteiger partial charge in [0.05, 0.1) is 21.8 Å². The first-order chi connectivity index (χ1) is 17.3. The third-order valence-corrected chi connectivity index (χ3v) is 8.61. The summed E-state index contributed by atoms with van der Waals surface area (Å²) in [5, 5.41) is 2.77. The first-order valence-electron chi connectivity index (χ1n) is 11.7. The van der Waals surface area contributed by atoms with E-state index in [1.807, 2.05) is 13.2 Å². The summed E-state index contributed by atoms with van der Waals surface area (Å²) in [7, 11) is -4.03. The molecule has 188 valence electrons. The molecule has 1 aliphatic heterocycles. The summed E-state index contributed by atoms with van der Waals surface area (Å²) >= 11 is 1.52. The summed E-state index contributed by atoms with van der Waals surface area (Å²) in [5.74, 6) is -0.679. The van der Waals surface area contributed by atoms with Gasteiger partial charge in [-0.05, 0) is 74.6 Å². The highest BCUT2D eigenvalue weighted by atomic mass is 32.2. The number of nitrogens with one attached hydrogen (secondary N) is 1. The molecule has 3 aromatic carbocycles. The van der Waals surface area contributed by atoms with E-state index in [1.165, 1.54) is 11.8 Å². The van der Waals surface area contributed by atoms with E-state index < -0.39 is 22.5 Å². The van der Waals surface area contributed by atoms with Crippen molar-refractivity contribution in [3.63, 3.8) is 0 Å². The Hall–Kier alpha value is -3.30. The third kappa shape index (κ3) is 5.74. The maximum absolute atomic E-state index is 13.6. The zero-order chi connectivity index (χ0) is 25.7. The molecule has 0 atom stereocenters. The number of amides is 2. The lowest BCUT2D eigenvalue weighted by atomic mass is 10.1. The smallest absolute Gasteiger partial charge is 0.264 e. The maximum atomic E-state index is 13.6. The third-order valence-electron chi connectivity index (χ3n) is 6.08. The molecule has 0 saturated carbocycles. The van der Waals surface area contributed by atoms with Crippen LogP contribution in [0.4, 0.5) is 11.4 Å². The first kappa shape index (κ1) is 25.8. The van der Waals surface area contributed by atoms with E-state index in [4.69, 9.17) is 0 Å². The molecule has 1 heterocycles. The molecule has 3 aromatic rings.